The number of fused-ring (bicyclic) bond motifs is 1. The summed E-state index contributed by atoms with van der Waals surface area (Å²) in [6.45, 7) is 7.40. The molecule has 2 aliphatic heterocycles. The first-order valence-electron chi connectivity index (χ1n) is 11.9. The first-order valence-corrected chi connectivity index (χ1v) is 11.9. The molecule has 3 aliphatic rings. The summed E-state index contributed by atoms with van der Waals surface area (Å²) in [4.78, 5) is 33.6. The van der Waals surface area contributed by atoms with Crippen LogP contribution in [0.3, 0.4) is 0 Å². The summed E-state index contributed by atoms with van der Waals surface area (Å²) in [7, 11) is 0. The Labute approximate surface area is 189 Å². The zero-order valence-corrected chi connectivity index (χ0v) is 19.2. The second kappa shape index (κ2) is 9.86. The van der Waals surface area contributed by atoms with Gasteiger partial charge >= 0.3 is 11.8 Å². The van der Waals surface area contributed by atoms with E-state index in [9.17, 15) is 14.9 Å². The number of hydrogen-bond acceptors (Lipinski definition) is 6. The minimum atomic E-state index is -0.569. The van der Waals surface area contributed by atoms with E-state index in [1.807, 2.05) is 0 Å². The lowest BCUT2D eigenvalue weighted by atomic mass is 9.85. The molecule has 0 unspecified atom stereocenters. The van der Waals surface area contributed by atoms with Crippen molar-refractivity contribution in [2.75, 3.05) is 44.2 Å². The Kier molecular flexibility index (Phi) is 6.95. The predicted octanol–water partition coefficient (Wildman–Crippen LogP) is 1.90. The maximum Gasteiger partial charge on any atom is 0.312 e. The molecule has 8 nitrogen and oxygen atoms in total. The molecule has 0 spiro atoms. The Bertz CT molecular complexity index is 909. The lowest BCUT2D eigenvalue weighted by molar-refractivity contribution is -0.146. The van der Waals surface area contributed by atoms with Gasteiger partial charge in [-0.3, -0.25) is 9.59 Å². The van der Waals surface area contributed by atoms with Crippen molar-refractivity contribution < 1.29 is 14.3 Å². The molecule has 4 rings (SSSR count). The number of piperazine rings is 1. The molecule has 0 aromatic carbocycles. The van der Waals surface area contributed by atoms with Crippen molar-refractivity contribution in [3.8, 4) is 6.07 Å². The number of anilines is 1. The number of amides is 2. The lowest BCUT2D eigenvalue weighted by Crippen LogP contribution is -2.53. The molecule has 0 saturated carbocycles. The first kappa shape index (κ1) is 22.5. The zero-order valence-electron chi connectivity index (χ0n) is 19.2. The average Bonchev–Trinajstić information content (AvgIpc) is 3.34. The monoisotopic (exact) mass is 439 g/mol. The number of nitrogens with one attached hydrogen (secondary N) is 1. The maximum atomic E-state index is 12.6. The van der Waals surface area contributed by atoms with E-state index >= 15 is 0 Å². The van der Waals surface area contributed by atoms with Gasteiger partial charge in [0.2, 0.25) is 0 Å². The number of hydrogen-bond donors (Lipinski definition) is 1. The standard InChI is InChI=1S/C24H33N5O3/c1-16(2)21-19-8-4-3-7-18(19)20(14-25)22(27-21)28-9-11-29(12-10-28)24(31)23(30)26-15-17-6-5-13-32-17/h16-17H,3-13,15H2,1-2H3,(H,26,30)/t17-/m1/s1. The molecular weight excluding hydrogens is 406 g/mol. The van der Waals surface area contributed by atoms with Crippen LogP contribution in [-0.4, -0.2) is 67.1 Å². The molecule has 1 aromatic heterocycles. The summed E-state index contributed by atoms with van der Waals surface area (Å²) >= 11 is 0. The van der Waals surface area contributed by atoms with Crippen LogP contribution in [0.15, 0.2) is 0 Å². The third kappa shape index (κ3) is 4.58. The van der Waals surface area contributed by atoms with Crippen LogP contribution in [0.25, 0.3) is 0 Å². The Morgan fingerprint density at radius 3 is 2.50 bits per heavy atom. The minimum absolute atomic E-state index is 0.0123. The smallest absolute Gasteiger partial charge is 0.312 e. The minimum Gasteiger partial charge on any atom is -0.376 e. The predicted molar refractivity (Wildman–Crippen MR) is 120 cm³/mol. The Hall–Kier alpha value is -2.66. The lowest BCUT2D eigenvalue weighted by Gasteiger charge is -2.36. The summed E-state index contributed by atoms with van der Waals surface area (Å²) in [5, 5.41) is 12.7. The van der Waals surface area contributed by atoms with Crippen molar-refractivity contribution in [3.05, 3.63) is 22.4 Å². The summed E-state index contributed by atoms with van der Waals surface area (Å²) in [6.07, 6.45) is 6.10. The van der Waals surface area contributed by atoms with Gasteiger partial charge in [-0.1, -0.05) is 13.8 Å². The van der Waals surface area contributed by atoms with Gasteiger partial charge < -0.3 is 19.9 Å². The van der Waals surface area contributed by atoms with Crippen LogP contribution in [0.1, 0.15) is 67.8 Å². The highest BCUT2D eigenvalue weighted by Gasteiger charge is 2.30. The molecule has 3 heterocycles. The fourth-order valence-electron chi connectivity index (χ4n) is 5.01. The Morgan fingerprint density at radius 1 is 1.16 bits per heavy atom. The molecule has 1 aliphatic carbocycles. The van der Waals surface area contributed by atoms with Gasteiger partial charge in [-0.15, -0.1) is 0 Å². The van der Waals surface area contributed by atoms with Crippen LogP contribution in [0, 0.1) is 11.3 Å². The fraction of sp³-hybridized carbons (Fsp3) is 0.667. The van der Waals surface area contributed by atoms with Gasteiger partial charge in [0.15, 0.2) is 0 Å². The number of pyridine rings is 1. The maximum absolute atomic E-state index is 12.6. The van der Waals surface area contributed by atoms with Gasteiger partial charge in [-0.25, -0.2) is 4.98 Å². The topological polar surface area (TPSA) is 98.6 Å². The van der Waals surface area contributed by atoms with Crippen LogP contribution < -0.4 is 10.2 Å². The molecule has 2 fully saturated rings. The van der Waals surface area contributed by atoms with Crippen molar-refractivity contribution in [2.45, 2.75) is 64.4 Å². The SMILES string of the molecule is CC(C)c1nc(N2CCN(C(=O)C(=O)NC[C@H]3CCCO3)CC2)c(C#N)c2c1CCCC2. The number of nitriles is 1. The van der Waals surface area contributed by atoms with Crippen LogP contribution >= 0.6 is 0 Å². The molecule has 0 radical (unpaired) electrons. The van der Waals surface area contributed by atoms with Crippen molar-refractivity contribution in [3.63, 3.8) is 0 Å². The van der Waals surface area contributed by atoms with Crippen molar-refractivity contribution >= 4 is 17.6 Å². The van der Waals surface area contributed by atoms with E-state index in [-0.39, 0.29) is 6.10 Å². The number of nitrogens with zero attached hydrogens (tertiary/aromatic N) is 4. The highest BCUT2D eigenvalue weighted by molar-refractivity contribution is 6.35. The number of carbonyl (C=O) groups is 2. The van der Waals surface area contributed by atoms with E-state index in [4.69, 9.17) is 9.72 Å². The zero-order chi connectivity index (χ0) is 22.7. The summed E-state index contributed by atoms with van der Waals surface area (Å²) in [5.74, 6) is -0.0272. The van der Waals surface area contributed by atoms with Crippen molar-refractivity contribution in [1.82, 2.24) is 15.2 Å². The molecule has 1 aromatic rings. The summed E-state index contributed by atoms with van der Waals surface area (Å²) in [5.41, 5.74) is 4.22. The van der Waals surface area contributed by atoms with E-state index in [2.05, 4.69) is 30.1 Å². The van der Waals surface area contributed by atoms with E-state index in [0.717, 1.165) is 56.6 Å². The van der Waals surface area contributed by atoms with E-state index < -0.39 is 11.8 Å². The molecule has 172 valence electrons. The van der Waals surface area contributed by atoms with Gasteiger partial charge in [-0.05, 0) is 55.6 Å². The Morgan fingerprint density at radius 2 is 1.88 bits per heavy atom. The quantitative estimate of drug-likeness (QED) is 0.720. The molecule has 8 heteroatoms. The third-order valence-corrected chi connectivity index (χ3v) is 6.76. The van der Waals surface area contributed by atoms with Crippen molar-refractivity contribution in [1.29, 1.82) is 5.26 Å². The first-order chi connectivity index (χ1) is 15.5. The van der Waals surface area contributed by atoms with Crippen LogP contribution in [0.2, 0.25) is 0 Å². The fourth-order valence-corrected chi connectivity index (χ4v) is 5.01. The normalized spacial score (nSPS) is 20.8. The van der Waals surface area contributed by atoms with Gasteiger partial charge in [0.05, 0.1) is 11.7 Å². The van der Waals surface area contributed by atoms with E-state index in [1.54, 1.807) is 4.90 Å². The third-order valence-electron chi connectivity index (χ3n) is 6.76. The van der Waals surface area contributed by atoms with Gasteiger partial charge in [0.1, 0.15) is 11.9 Å². The molecule has 1 N–H and O–H groups in total. The molecule has 2 saturated heterocycles. The number of aromatic nitrogens is 1. The largest absolute Gasteiger partial charge is 0.376 e. The van der Waals surface area contributed by atoms with E-state index in [0.29, 0.717) is 44.2 Å². The highest BCUT2D eigenvalue weighted by Crippen LogP contribution is 2.35. The second-order valence-electron chi connectivity index (χ2n) is 9.25. The van der Waals surface area contributed by atoms with Crippen LogP contribution in [0.5, 0.6) is 0 Å². The van der Waals surface area contributed by atoms with E-state index in [1.165, 1.54) is 11.1 Å². The van der Waals surface area contributed by atoms with Gasteiger partial charge in [0, 0.05) is 45.0 Å². The summed E-state index contributed by atoms with van der Waals surface area (Å²) in [6, 6.07) is 2.42. The number of carbonyl (C=O) groups excluding carboxylic acids is 2. The number of rotatable bonds is 4. The average molecular weight is 440 g/mol. The molecule has 32 heavy (non-hydrogen) atoms. The van der Waals surface area contributed by atoms with Crippen LogP contribution in [0.4, 0.5) is 5.82 Å². The molecule has 2 amide bonds. The van der Waals surface area contributed by atoms with Crippen LogP contribution in [-0.2, 0) is 27.2 Å². The van der Waals surface area contributed by atoms with Crippen molar-refractivity contribution in [2.24, 2.45) is 0 Å². The summed E-state index contributed by atoms with van der Waals surface area (Å²) < 4.78 is 5.50. The Balaban J connectivity index is 1.43. The number of ether oxygens (including phenoxy) is 1. The molecule has 0 bridgehead atoms. The second-order valence-corrected chi connectivity index (χ2v) is 9.25. The van der Waals surface area contributed by atoms with Gasteiger partial charge in [-0.2, -0.15) is 5.26 Å². The molecule has 1 atom stereocenters. The molecular formula is C24H33N5O3. The van der Waals surface area contributed by atoms with Gasteiger partial charge in [0.25, 0.3) is 0 Å². The highest BCUT2D eigenvalue weighted by atomic mass is 16.5.